The molecule has 2 N–H and O–H groups in total. The maximum atomic E-state index is 12.0. The molecule has 2 heterocycles. The van der Waals surface area contributed by atoms with Crippen LogP contribution < -0.4 is 11.1 Å². The molecule has 7 heteroatoms. The Bertz CT molecular complexity index is 954. The van der Waals surface area contributed by atoms with Crippen LogP contribution in [-0.2, 0) is 0 Å². The van der Waals surface area contributed by atoms with Gasteiger partial charge in [0, 0.05) is 0 Å². The highest BCUT2D eigenvalue weighted by Crippen LogP contribution is 2.26. The monoisotopic (exact) mass is 312 g/mol. The van der Waals surface area contributed by atoms with Gasteiger partial charge in [0.25, 0.3) is 0 Å². The number of amides is 1. The van der Waals surface area contributed by atoms with Crippen molar-refractivity contribution in [2.24, 2.45) is 5.10 Å². The van der Waals surface area contributed by atoms with Gasteiger partial charge in [-0.15, -0.1) is 0 Å². The Morgan fingerprint density at radius 1 is 1.22 bits per heavy atom. The summed E-state index contributed by atoms with van der Waals surface area (Å²) in [6.07, 6.45) is 1.36. The highest BCUT2D eigenvalue weighted by Gasteiger charge is 2.17. The topological polar surface area (TPSA) is 105 Å². The predicted octanol–water partition coefficient (Wildman–Crippen LogP) is 2.25. The minimum Gasteiger partial charge on any atom is -0.506 e. The fourth-order valence-electron chi connectivity index (χ4n) is 2.11. The van der Waals surface area contributed by atoms with Crippen molar-refractivity contribution in [1.82, 2.24) is 5.43 Å². The molecule has 0 aliphatic heterocycles. The van der Waals surface area contributed by atoms with Crippen LogP contribution in [0.25, 0.3) is 11.0 Å². The smallest absolute Gasteiger partial charge is 0.349 e. The van der Waals surface area contributed by atoms with Crippen LogP contribution in [-0.4, -0.2) is 16.7 Å². The molecule has 0 atom stereocenters. The van der Waals surface area contributed by atoms with Gasteiger partial charge in [-0.1, -0.05) is 12.1 Å². The normalized spacial score (nSPS) is 11.6. The lowest BCUT2D eigenvalue weighted by Gasteiger charge is -2.06. The van der Waals surface area contributed by atoms with Crippen molar-refractivity contribution < 1.29 is 18.7 Å². The van der Waals surface area contributed by atoms with Gasteiger partial charge in [-0.05, 0) is 31.2 Å². The minimum absolute atomic E-state index is 0.0799. The van der Waals surface area contributed by atoms with E-state index < -0.39 is 11.5 Å². The first kappa shape index (κ1) is 14.6. The zero-order valence-corrected chi connectivity index (χ0v) is 12.1. The summed E-state index contributed by atoms with van der Waals surface area (Å²) in [6, 6.07) is 9.63. The van der Waals surface area contributed by atoms with E-state index in [1.807, 2.05) is 0 Å². The third-order valence-corrected chi connectivity index (χ3v) is 3.22. The largest absolute Gasteiger partial charge is 0.506 e. The van der Waals surface area contributed by atoms with Crippen molar-refractivity contribution >= 4 is 22.6 Å². The minimum atomic E-state index is -0.741. The lowest BCUT2D eigenvalue weighted by molar-refractivity contribution is 0.0927. The van der Waals surface area contributed by atoms with E-state index in [0.717, 1.165) is 0 Å². The summed E-state index contributed by atoms with van der Waals surface area (Å²) in [5, 5.41) is 14.5. The van der Waals surface area contributed by atoms with Crippen LogP contribution in [0, 0.1) is 0 Å². The third kappa shape index (κ3) is 2.71. The van der Waals surface area contributed by atoms with E-state index in [0.29, 0.717) is 5.39 Å². The van der Waals surface area contributed by atoms with Crippen LogP contribution in [0.2, 0.25) is 0 Å². The number of hydrogen-bond acceptors (Lipinski definition) is 6. The van der Waals surface area contributed by atoms with Gasteiger partial charge < -0.3 is 13.9 Å². The fraction of sp³-hybridized carbons (Fsp3) is 0.0625. The highest BCUT2D eigenvalue weighted by molar-refractivity contribution is 6.05. The van der Waals surface area contributed by atoms with Crippen LogP contribution in [0.5, 0.6) is 5.75 Å². The van der Waals surface area contributed by atoms with E-state index in [1.54, 1.807) is 30.3 Å². The van der Waals surface area contributed by atoms with Gasteiger partial charge in [-0.3, -0.25) is 4.79 Å². The van der Waals surface area contributed by atoms with Crippen LogP contribution in [0.15, 0.2) is 61.4 Å². The summed E-state index contributed by atoms with van der Waals surface area (Å²) in [6.45, 7) is 1.48. The molecule has 23 heavy (non-hydrogen) atoms. The first-order valence-electron chi connectivity index (χ1n) is 6.71. The van der Waals surface area contributed by atoms with E-state index >= 15 is 0 Å². The molecule has 0 bridgehead atoms. The average Bonchev–Trinajstić information content (AvgIpc) is 3.07. The molecule has 0 unspecified atom stereocenters. The number of carbonyl (C=O) groups is 1. The summed E-state index contributed by atoms with van der Waals surface area (Å²) in [5.74, 6) is -0.735. The molecule has 7 nitrogen and oxygen atoms in total. The second kappa shape index (κ2) is 5.80. The molecule has 3 rings (SSSR count). The number of benzene rings is 1. The van der Waals surface area contributed by atoms with E-state index in [9.17, 15) is 14.7 Å². The Balaban J connectivity index is 1.97. The number of carbonyl (C=O) groups excluding carboxylic acids is 1. The summed E-state index contributed by atoms with van der Waals surface area (Å²) < 4.78 is 10.1. The molecule has 0 aliphatic rings. The Labute approximate surface area is 129 Å². The van der Waals surface area contributed by atoms with Crippen molar-refractivity contribution in [1.29, 1.82) is 0 Å². The number of furan rings is 1. The van der Waals surface area contributed by atoms with Gasteiger partial charge in [0.1, 0.15) is 16.9 Å². The fourth-order valence-corrected chi connectivity index (χ4v) is 2.11. The predicted molar refractivity (Wildman–Crippen MR) is 82.5 cm³/mol. The first-order valence-corrected chi connectivity index (χ1v) is 6.71. The summed E-state index contributed by atoms with van der Waals surface area (Å²) >= 11 is 0. The first-order chi connectivity index (χ1) is 11.1. The van der Waals surface area contributed by atoms with Crippen LogP contribution in [0.4, 0.5) is 0 Å². The molecule has 0 radical (unpaired) electrons. The van der Waals surface area contributed by atoms with E-state index in [4.69, 9.17) is 8.83 Å². The van der Waals surface area contributed by atoms with E-state index in [-0.39, 0.29) is 28.4 Å². The quantitative estimate of drug-likeness (QED) is 0.438. The second-order valence-corrected chi connectivity index (χ2v) is 4.72. The van der Waals surface area contributed by atoms with Gasteiger partial charge in [-0.2, -0.15) is 5.10 Å². The Morgan fingerprint density at radius 3 is 2.74 bits per heavy atom. The molecule has 1 aromatic carbocycles. The van der Waals surface area contributed by atoms with Crippen LogP contribution in [0.1, 0.15) is 23.0 Å². The van der Waals surface area contributed by atoms with E-state index in [2.05, 4.69) is 10.5 Å². The molecular formula is C16H12N2O5. The molecule has 2 aromatic heterocycles. The van der Waals surface area contributed by atoms with Crippen molar-refractivity contribution in [2.45, 2.75) is 6.92 Å². The van der Waals surface area contributed by atoms with Crippen molar-refractivity contribution in [2.75, 3.05) is 0 Å². The standard InChI is InChI=1S/C16H12N2O5/c1-9(17-18-15(20)12-7-4-8-22-12)13-14(19)10-5-2-3-6-11(10)23-16(13)21/h2-8,19H,1H3,(H,18,20)/b17-9+. The summed E-state index contributed by atoms with van der Waals surface area (Å²) in [5.41, 5.74) is 1.78. The van der Waals surface area contributed by atoms with Gasteiger partial charge in [0.2, 0.25) is 0 Å². The number of aromatic hydroxyl groups is 1. The molecule has 1 amide bonds. The molecule has 116 valence electrons. The maximum absolute atomic E-state index is 12.0. The number of para-hydroxylation sites is 1. The Hall–Kier alpha value is -3.35. The number of nitrogens with zero attached hydrogens (tertiary/aromatic N) is 1. The van der Waals surface area contributed by atoms with Crippen molar-refractivity contribution in [3.63, 3.8) is 0 Å². The number of fused-ring (bicyclic) bond motifs is 1. The van der Waals surface area contributed by atoms with Crippen molar-refractivity contribution in [3.8, 4) is 5.75 Å². The molecule has 0 saturated heterocycles. The van der Waals surface area contributed by atoms with Gasteiger partial charge in [0.15, 0.2) is 5.76 Å². The van der Waals surface area contributed by atoms with E-state index in [1.165, 1.54) is 19.3 Å². The molecule has 0 spiro atoms. The highest BCUT2D eigenvalue weighted by atomic mass is 16.4. The second-order valence-electron chi connectivity index (χ2n) is 4.72. The molecule has 0 fully saturated rings. The molecular weight excluding hydrogens is 300 g/mol. The number of nitrogens with one attached hydrogen (secondary N) is 1. The number of hydrogen-bond donors (Lipinski definition) is 2. The third-order valence-electron chi connectivity index (χ3n) is 3.22. The van der Waals surface area contributed by atoms with Gasteiger partial charge in [0.05, 0.1) is 17.4 Å². The Morgan fingerprint density at radius 2 is 2.00 bits per heavy atom. The lowest BCUT2D eigenvalue weighted by Crippen LogP contribution is -2.21. The van der Waals surface area contributed by atoms with Crippen LogP contribution in [0.3, 0.4) is 0 Å². The molecule has 3 aromatic rings. The zero-order chi connectivity index (χ0) is 16.4. The van der Waals surface area contributed by atoms with Gasteiger partial charge >= 0.3 is 11.5 Å². The zero-order valence-electron chi connectivity index (χ0n) is 12.1. The number of hydrazone groups is 1. The Kier molecular flexibility index (Phi) is 3.68. The SMILES string of the molecule is C/C(=N\NC(=O)c1ccco1)c1c(O)c2ccccc2oc1=O. The van der Waals surface area contributed by atoms with Crippen molar-refractivity contribution in [3.05, 3.63) is 64.4 Å². The number of rotatable bonds is 3. The summed E-state index contributed by atoms with van der Waals surface area (Å²) in [7, 11) is 0. The molecule has 0 saturated carbocycles. The molecule has 0 aliphatic carbocycles. The van der Waals surface area contributed by atoms with Gasteiger partial charge in [-0.25, -0.2) is 10.2 Å². The summed E-state index contributed by atoms with van der Waals surface area (Å²) in [4.78, 5) is 23.8. The maximum Gasteiger partial charge on any atom is 0.349 e. The van der Waals surface area contributed by atoms with Crippen LogP contribution >= 0.6 is 0 Å². The lowest BCUT2D eigenvalue weighted by atomic mass is 10.1. The average molecular weight is 312 g/mol.